The summed E-state index contributed by atoms with van der Waals surface area (Å²) >= 11 is 5.15. The van der Waals surface area contributed by atoms with Crippen LogP contribution in [-0.2, 0) is 6.42 Å². The zero-order valence-electron chi connectivity index (χ0n) is 42.6. The van der Waals surface area contributed by atoms with Crippen molar-refractivity contribution in [3.8, 4) is 22.3 Å². The molecule has 0 radical (unpaired) electrons. The number of hydrogen-bond donors (Lipinski definition) is 1. The highest BCUT2D eigenvalue weighted by atomic mass is 32.1. The van der Waals surface area contributed by atoms with Gasteiger partial charge in [0.25, 0.3) is 0 Å². The largest absolute Gasteiger partial charge is 0.143 e. The third-order valence-corrected chi connectivity index (χ3v) is 13.4. The third-order valence-electron chi connectivity index (χ3n) is 13.0. The fourth-order valence-electron chi connectivity index (χ4n) is 9.40. The predicted octanol–water partition coefficient (Wildman–Crippen LogP) is 20.4. The van der Waals surface area contributed by atoms with Crippen LogP contribution in [-0.4, -0.2) is 0 Å². The van der Waals surface area contributed by atoms with Crippen LogP contribution in [0.3, 0.4) is 0 Å². The summed E-state index contributed by atoms with van der Waals surface area (Å²) < 4.78 is 0. The predicted molar refractivity (Wildman–Crippen MR) is 331 cm³/mol. The first-order chi connectivity index (χ1) is 36.5. The Balaban J connectivity index is 1.24. The lowest BCUT2D eigenvalue weighted by Gasteiger charge is -2.21. The molecule has 0 aliphatic heterocycles. The number of benzene rings is 6. The second kappa shape index (κ2) is 26.8. The number of thiol groups is 1. The molecule has 0 heterocycles. The van der Waals surface area contributed by atoms with Gasteiger partial charge < -0.3 is 0 Å². The minimum atomic E-state index is 0.754. The molecule has 0 saturated heterocycles. The lowest BCUT2D eigenvalue weighted by molar-refractivity contribution is 1.28. The second-order valence-electron chi connectivity index (χ2n) is 17.9. The highest BCUT2D eigenvalue weighted by Gasteiger charge is 2.22. The van der Waals surface area contributed by atoms with Crippen LogP contribution < -0.4 is 0 Å². The maximum atomic E-state index is 5.15. The molecule has 0 unspecified atom stereocenters. The molecule has 0 bridgehead atoms. The molecule has 6 aromatic rings. The van der Waals surface area contributed by atoms with Crippen molar-refractivity contribution in [2.75, 3.05) is 0 Å². The topological polar surface area (TPSA) is 0 Å². The Morgan fingerprint density at radius 3 is 1.91 bits per heavy atom. The van der Waals surface area contributed by atoms with E-state index in [-0.39, 0.29) is 0 Å². The molecule has 74 heavy (non-hydrogen) atoms. The monoisotopic (exact) mass is 972 g/mol. The van der Waals surface area contributed by atoms with Gasteiger partial charge in [0.15, 0.2) is 0 Å². The van der Waals surface area contributed by atoms with Crippen molar-refractivity contribution in [2.24, 2.45) is 0 Å². The van der Waals surface area contributed by atoms with Gasteiger partial charge in [0.2, 0.25) is 0 Å². The van der Waals surface area contributed by atoms with Crippen LogP contribution in [0.15, 0.2) is 307 Å². The van der Waals surface area contributed by atoms with Crippen molar-refractivity contribution in [3.05, 3.63) is 341 Å². The van der Waals surface area contributed by atoms with Crippen molar-refractivity contribution < 1.29 is 0 Å². The van der Waals surface area contributed by atoms with Crippen molar-refractivity contribution >= 4 is 52.8 Å². The molecule has 0 amide bonds. The number of rotatable bonds is 18. The van der Waals surface area contributed by atoms with Crippen LogP contribution >= 0.6 is 12.6 Å². The quantitative estimate of drug-likeness (QED) is 0.0377. The van der Waals surface area contributed by atoms with Gasteiger partial charge in [-0.15, -0.1) is 12.6 Å². The Kier molecular flexibility index (Phi) is 18.8. The summed E-state index contributed by atoms with van der Waals surface area (Å²) in [5.74, 6) is 0. The van der Waals surface area contributed by atoms with Crippen molar-refractivity contribution in [2.45, 2.75) is 33.1 Å². The Morgan fingerprint density at radius 2 is 1.22 bits per heavy atom. The molecule has 0 spiro atoms. The normalized spacial score (nSPS) is 14.9. The third kappa shape index (κ3) is 13.3. The van der Waals surface area contributed by atoms with Crippen molar-refractivity contribution in [1.82, 2.24) is 0 Å². The zero-order chi connectivity index (χ0) is 51.3. The molecule has 2 aliphatic carbocycles. The summed E-state index contributed by atoms with van der Waals surface area (Å²) in [6.07, 6.45) is 55.7. The highest BCUT2D eigenvalue weighted by molar-refractivity contribution is 7.84. The van der Waals surface area contributed by atoms with Crippen LogP contribution in [0.25, 0.3) is 62.4 Å². The van der Waals surface area contributed by atoms with Crippen molar-refractivity contribution in [3.63, 3.8) is 0 Å². The van der Waals surface area contributed by atoms with E-state index >= 15 is 0 Å². The lowest BCUT2D eigenvalue weighted by atomic mass is 9.82. The van der Waals surface area contributed by atoms with Gasteiger partial charge in [0, 0.05) is 4.91 Å². The number of hydrogen-bond acceptors (Lipinski definition) is 1. The molecule has 8 rings (SSSR count). The Hall–Kier alpha value is -8.49. The maximum Gasteiger partial charge on any atom is 0.0113 e. The van der Waals surface area contributed by atoms with Crippen LogP contribution in [0.4, 0.5) is 0 Å². The van der Waals surface area contributed by atoms with Gasteiger partial charge >= 0.3 is 0 Å². The van der Waals surface area contributed by atoms with E-state index in [1.54, 1.807) is 0 Å². The van der Waals surface area contributed by atoms with Crippen LogP contribution in [0.1, 0.15) is 60.1 Å². The summed E-state index contributed by atoms with van der Waals surface area (Å²) in [5.41, 5.74) is 18.8. The Bertz CT molecular complexity index is 3440. The minimum absolute atomic E-state index is 0.754. The summed E-state index contributed by atoms with van der Waals surface area (Å²) in [5, 5.41) is 2.43. The average molecular weight is 973 g/mol. The average Bonchev–Trinajstić information content (AvgIpc) is 3.86. The van der Waals surface area contributed by atoms with E-state index < -0.39 is 0 Å². The van der Waals surface area contributed by atoms with Gasteiger partial charge in [-0.1, -0.05) is 274 Å². The van der Waals surface area contributed by atoms with E-state index in [4.69, 9.17) is 12.6 Å². The molecular formula is C73H64S. The first-order valence-electron chi connectivity index (χ1n) is 25.5. The van der Waals surface area contributed by atoms with E-state index in [9.17, 15) is 0 Å². The second-order valence-corrected chi connectivity index (χ2v) is 18.4. The summed E-state index contributed by atoms with van der Waals surface area (Å²) in [6, 6.07) is 48.4. The number of fused-ring (bicyclic) bond motifs is 2. The molecule has 0 saturated carbocycles. The first-order valence-corrected chi connectivity index (χ1v) is 26.0. The van der Waals surface area contributed by atoms with Gasteiger partial charge in [-0.2, -0.15) is 0 Å². The Morgan fingerprint density at radius 1 is 0.581 bits per heavy atom. The summed E-state index contributed by atoms with van der Waals surface area (Å²) in [6.45, 7) is 11.9. The van der Waals surface area contributed by atoms with Gasteiger partial charge in [0.05, 0.1) is 0 Å². The van der Waals surface area contributed by atoms with E-state index in [1.807, 2.05) is 49.5 Å². The van der Waals surface area contributed by atoms with Crippen molar-refractivity contribution in [1.29, 1.82) is 0 Å². The van der Waals surface area contributed by atoms with Gasteiger partial charge in [-0.25, -0.2) is 0 Å². The van der Waals surface area contributed by atoms with Gasteiger partial charge in [-0.05, 0) is 157 Å². The van der Waals surface area contributed by atoms with E-state index in [0.29, 0.717) is 0 Å². The van der Waals surface area contributed by atoms with E-state index in [2.05, 4.69) is 263 Å². The van der Waals surface area contributed by atoms with Gasteiger partial charge in [-0.3, -0.25) is 0 Å². The molecule has 1 heteroatoms. The SMILES string of the molecule is C=C\C=C/C(=C\C)C(=C\c1ccc(-c2c3c(c(-c4ccc(/C=C(/C5=CC=CCC=C5)c5ccccc5)cc4)c4ccccc24)CC=CC(/C(S)=C/C=C/C=C/C=C/C(=C/C=C)C/C=C\C)=C3)cc1)/c1ccccc1. The molecule has 0 atom stereocenters. The van der Waals surface area contributed by atoms with Crippen LogP contribution in [0.5, 0.6) is 0 Å². The molecule has 0 fully saturated rings. The fourth-order valence-corrected chi connectivity index (χ4v) is 9.63. The molecule has 0 aromatic heterocycles. The molecule has 6 aromatic carbocycles. The molecule has 2 aliphatic rings. The molecular weight excluding hydrogens is 909 g/mol. The minimum Gasteiger partial charge on any atom is -0.143 e. The zero-order valence-corrected chi connectivity index (χ0v) is 43.5. The lowest BCUT2D eigenvalue weighted by Crippen LogP contribution is -1.99. The molecule has 0 nitrogen and oxygen atoms in total. The first kappa shape index (κ1) is 51.9. The smallest absolute Gasteiger partial charge is 0.0113 e. The van der Waals surface area contributed by atoms with Crippen LogP contribution in [0.2, 0.25) is 0 Å². The molecule has 0 N–H and O–H groups in total. The van der Waals surface area contributed by atoms with Gasteiger partial charge in [0.1, 0.15) is 0 Å². The fraction of sp³-hybridized carbons (Fsp3) is 0.0685. The summed E-state index contributed by atoms with van der Waals surface area (Å²) in [7, 11) is 0. The standard InChI is InChI=1S/C73H64S/c1-5-9-30-55(29-7-3)31-18-12-11-13-25-43-71(74)64-39-28-42-67-70(54-64)73(63-50-46-56(47-51-63)52-68(58(8-4)32-10-6-2)59-35-21-16-22-36-59)66-41-27-26-40-65(66)72(67)62-48-44-57(45-49-62)53-69(61-37-23-17-24-38-61)60-33-19-14-15-20-34-60/h5-14,16-29,31-41,43-54,74H,2-3,15,30,42H2,1,4H3/b9-5-,12-11+,25-13+,31-18+,32-10-,55-29+,58-8+,68-52+,69-53-,71-43-. The highest BCUT2D eigenvalue weighted by Crippen LogP contribution is 2.45. The molecule has 362 valence electrons. The van der Waals surface area contributed by atoms with E-state index in [0.717, 1.165) is 63.1 Å². The number of allylic oxidation sites excluding steroid dienone is 28. The van der Waals surface area contributed by atoms with Crippen LogP contribution in [0, 0.1) is 0 Å². The summed E-state index contributed by atoms with van der Waals surface area (Å²) in [4.78, 5) is 0.885. The maximum absolute atomic E-state index is 5.15. The van der Waals surface area contributed by atoms with E-state index in [1.165, 1.54) is 60.9 Å². The Labute approximate surface area is 446 Å².